The molecule has 3 nitrogen and oxygen atoms in total. The Labute approximate surface area is 60.5 Å². The Balaban J connectivity index is 2.45. The van der Waals surface area contributed by atoms with Gasteiger partial charge in [0.05, 0.1) is 6.54 Å². The van der Waals surface area contributed by atoms with Crippen LogP contribution in [-0.4, -0.2) is 31.3 Å². The first-order chi connectivity index (χ1) is 5.00. The predicted molar refractivity (Wildman–Crippen MR) is 28.8 cm³/mol. The standard InChI is InChI=1S/C5H6F3NO2/c6-5(7,8)3-1-9-4(10)2-11-3/h3H,1-2H2,(H,9,10)/t3-/m0/s1. The van der Waals surface area contributed by atoms with Gasteiger partial charge in [-0.3, -0.25) is 4.79 Å². The Morgan fingerprint density at radius 1 is 1.55 bits per heavy atom. The summed E-state index contributed by atoms with van der Waals surface area (Å²) in [6, 6.07) is 0. The first-order valence-electron chi connectivity index (χ1n) is 2.95. The minimum Gasteiger partial charge on any atom is -0.357 e. The molecule has 0 aromatic rings. The first-order valence-corrected chi connectivity index (χ1v) is 2.95. The summed E-state index contributed by atoms with van der Waals surface area (Å²) in [5, 5.41) is 2.05. The molecule has 64 valence electrons. The van der Waals surface area contributed by atoms with Gasteiger partial charge in [-0.05, 0) is 0 Å². The number of amides is 1. The number of nitrogens with one attached hydrogen (secondary N) is 1. The lowest BCUT2D eigenvalue weighted by Gasteiger charge is -2.24. The normalized spacial score (nSPS) is 26.5. The molecule has 1 saturated heterocycles. The zero-order valence-electron chi connectivity index (χ0n) is 5.44. The van der Waals surface area contributed by atoms with Crippen molar-refractivity contribution in [1.82, 2.24) is 5.32 Å². The molecule has 1 rings (SSSR count). The first kappa shape index (κ1) is 8.32. The molecule has 1 atom stereocenters. The molecule has 0 aliphatic carbocycles. The van der Waals surface area contributed by atoms with Crippen molar-refractivity contribution in [3.63, 3.8) is 0 Å². The molecule has 1 aliphatic heterocycles. The quantitative estimate of drug-likeness (QED) is 0.557. The second kappa shape index (κ2) is 2.69. The van der Waals surface area contributed by atoms with Crippen molar-refractivity contribution < 1.29 is 22.7 Å². The molecule has 0 saturated carbocycles. The monoisotopic (exact) mass is 169 g/mol. The molecule has 1 fully saturated rings. The van der Waals surface area contributed by atoms with Crippen LogP contribution in [0.1, 0.15) is 0 Å². The zero-order chi connectivity index (χ0) is 8.48. The topological polar surface area (TPSA) is 38.3 Å². The summed E-state index contributed by atoms with van der Waals surface area (Å²) in [6.07, 6.45) is -6.23. The van der Waals surface area contributed by atoms with Gasteiger partial charge in [-0.1, -0.05) is 0 Å². The fourth-order valence-electron chi connectivity index (χ4n) is 0.703. The van der Waals surface area contributed by atoms with Crippen LogP contribution in [0, 0.1) is 0 Å². The lowest BCUT2D eigenvalue weighted by atomic mass is 10.3. The van der Waals surface area contributed by atoms with Crippen LogP contribution in [0.4, 0.5) is 13.2 Å². The summed E-state index contributed by atoms with van der Waals surface area (Å²) >= 11 is 0. The third-order valence-corrected chi connectivity index (χ3v) is 1.27. The number of carbonyl (C=O) groups excluding carboxylic acids is 1. The van der Waals surface area contributed by atoms with Crippen LogP contribution in [0.15, 0.2) is 0 Å². The van der Waals surface area contributed by atoms with Crippen LogP contribution in [0.25, 0.3) is 0 Å². The minimum absolute atomic E-state index is 0.484. The Hall–Kier alpha value is -0.780. The van der Waals surface area contributed by atoms with Crippen molar-refractivity contribution in [3.05, 3.63) is 0 Å². The number of morpholine rings is 1. The third kappa shape index (κ3) is 2.07. The summed E-state index contributed by atoms with van der Waals surface area (Å²) in [7, 11) is 0. The van der Waals surface area contributed by atoms with E-state index in [1.165, 1.54) is 0 Å². The van der Waals surface area contributed by atoms with Crippen LogP contribution in [0.3, 0.4) is 0 Å². The lowest BCUT2D eigenvalue weighted by Crippen LogP contribution is -2.49. The molecule has 0 aromatic carbocycles. The average molecular weight is 169 g/mol. The number of hydrogen-bond donors (Lipinski definition) is 1. The molecule has 1 amide bonds. The van der Waals surface area contributed by atoms with Crippen molar-refractivity contribution >= 4 is 5.91 Å². The van der Waals surface area contributed by atoms with Gasteiger partial charge < -0.3 is 10.1 Å². The fourth-order valence-corrected chi connectivity index (χ4v) is 0.703. The largest absolute Gasteiger partial charge is 0.416 e. The van der Waals surface area contributed by atoms with E-state index in [0.717, 1.165) is 0 Å². The van der Waals surface area contributed by atoms with Gasteiger partial charge >= 0.3 is 6.18 Å². The van der Waals surface area contributed by atoms with E-state index in [-0.39, 0.29) is 0 Å². The number of rotatable bonds is 0. The highest BCUT2D eigenvalue weighted by molar-refractivity contribution is 5.77. The number of carbonyl (C=O) groups is 1. The van der Waals surface area contributed by atoms with Gasteiger partial charge in [0.15, 0.2) is 6.10 Å². The van der Waals surface area contributed by atoms with E-state index >= 15 is 0 Å². The Bertz CT molecular complexity index is 158. The van der Waals surface area contributed by atoms with Gasteiger partial charge in [0.1, 0.15) is 6.61 Å². The maximum atomic E-state index is 11.8. The van der Waals surface area contributed by atoms with E-state index in [4.69, 9.17) is 0 Å². The van der Waals surface area contributed by atoms with Crippen LogP contribution in [-0.2, 0) is 9.53 Å². The molecule has 0 unspecified atom stereocenters. The van der Waals surface area contributed by atoms with E-state index in [0.29, 0.717) is 0 Å². The van der Waals surface area contributed by atoms with Crippen molar-refractivity contribution in [3.8, 4) is 0 Å². The highest BCUT2D eigenvalue weighted by Gasteiger charge is 2.42. The SMILES string of the molecule is O=C1CO[C@H](C(F)(F)F)CN1. The smallest absolute Gasteiger partial charge is 0.357 e. The average Bonchev–Trinajstić information content (AvgIpc) is 1.86. The summed E-state index contributed by atoms with van der Waals surface area (Å²) in [5.41, 5.74) is 0. The van der Waals surface area contributed by atoms with Crippen molar-refractivity contribution in [2.45, 2.75) is 12.3 Å². The minimum atomic E-state index is -4.38. The molecule has 1 heterocycles. The van der Waals surface area contributed by atoms with E-state index in [1.54, 1.807) is 0 Å². The maximum Gasteiger partial charge on any atom is 0.416 e. The lowest BCUT2D eigenvalue weighted by molar-refractivity contribution is -0.224. The summed E-state index contributed by atoms with van der Waals surface area (Å²) in [6.45, 7) is -0.994. The molecule has 6 heteroatoms. The molecular weight excluding hydrogens is 163 g/mol. The summed E-state index contributed by atoms with van der Waals surface area (Å²) in [4.78, 5) is 10.3. The molecule has 1 aliphatic rings. The van der Waals surface area contributed by atoms with E-state index in [9.17, 15) is 18.0 Å². The second-order valence-corrected chi connectivity index (χ2v) is 2.15. The Kier molecular flexibility index (Phi) is 2.03. The van der Waals surface area contributed by atoms with Crippen molar-refractivity contribution in [2.75, 3.05) is 13.2 Å². The molecule has 0 radical (unpaired) electrons. The zero-order valence-corrected chi connectivity index (χ0v) is 5.44. The highest BCUT2D eigenvalue weighted by Crippen LogP contribution is 2.23. The molecule has 0 spiro atoms. The van der Waals surface area contributed by atoms with Crippen LogP contribution in [0.5, 0.6) is 0 Å². The molecule has 11 heavy (non-hydrogen) atoms. The van der Waals surface area contributed by atoms with Crippen molar-refractivity contribution in [1.29, 1.82) is 0 Å². The van der Waals surface area contributed by atoms with E-state index in [2.05, 4.69) is 10.1 Å². The van der Waals surface area contributed by atoms with Gasteiger partial charge in [0.2, 0.25) is 5.91 Å². The van der Waals surface area contributed by atoms with Gasteiger partial charge in [0.25, 0.3) is 0 Å². The second-order valence-electron chi connectivity index (χ2n) is 2.15. The number of hydrogen-bond acceptors (Lipinski definition) is 2. The highest BCUT2D eigenvalue weighted by atomic mass is 19.4. The molecule has 0 aromatic heterocycles. The van der Waals surface area contributed by atoms with E-state index < -0.39 is 31.3 Å². The Morgan fingerprint density at radius 3 is 2.55 bits per heavy atom. The van der Waals surface area contributed by atoms with Gasteiger partial charge in [-0.15, -0.1) is 0 Å². The fraction of sp³-hybridized carbons (Fsp3) is 0.800. The number of alkyl halides is 3. The predicted octanol–water partition coefficient (Wildman–Crippen LogP) is 0.0637. The molecule has 0 bridgehead atoms. The Morgan fingerprint density at radius 2 is 2.18 bits per heavy atom. The molecule has 1 N–H and O–H groups in total. The van der Waals surface area contributed by atoms with Crippen LogP contribution in [0.2, 0.25) is 0 Å². The summed E-state index contributed by atoms with van der Waals surface area (Å²) in [5.74, 6) is -0.509. The molecular formula is C5H6F3NO2. The van der Waals surface area contributed by atoms with Gasteiger partial charge in [-0.2, -0.15) is 13.2 Å². The van der Waals surface area contributed by atoms with Gasteiger partial charge in [0, 0.05) is 0 Å². The van der Waals surface area contributed by atoms with Crippen LogP contribution >= 0.6 is 0 Å². The van der Waals surface area contributed by atoms with Gasteiger partial charge in [-0.25, -0.2) is 0 Å². The van der Waals surface area contributed by atoms with Crippen molar-refractivity contribution in [2.24, 2.45) is 0 Å². The number of ether oxygens (including phenoxy) is 1. The number of halogens is 3. The van der Waals surface area contributed by atoms with E-state index in [1.807, 2.05) is 0 Å². The third-order valence-electron chi connectivity index (χ3n) is 1.27. The summed E-state index contributed by atoms with van der Waals surface area (Å²) < 4.78 is 39.6. The van der Waals surface area contributed by atoms with Crippen LogP contribution < -0.4 is 5.32 Å². The maximum absolute atomic E-state index is 11.8.